The van der Waals surface area contributed by atoms with Crippen LogP contribution >= 0.6 is 0 Å². The predicted molar refractivity (Wildman–Crippen MR) is 112 cm³/mol. The summed E-state index contributed by atoms with van der Waals surface area (Å²) < 4.78 is 5.34. The lowest BCUT2D eigenvalue weighted by Crippen LogP contribution is -2.57. The third kappa shape index (κ3) is 3.67. The van der Waals surface area contributed by atoms with Gasteiger partial charge in [-0.05, 0) is 56.5 Å². The summed E-state index contributed by atoms with van der Waals surface area (Å²) in [6, 6.07) is 7.40. The van der Waals surface area contributed by atoms with E-state index >= 15 is 0 Å². The number of hydrogen-bond donors (Lipinski definition) is 2. The first-order chi connectivity index (χ1) is 14.4. The lowest BCUT2D eigenvalue weighted by Gasteiger charge is -2.41. The van der Waals surface area contributed by atoms with Crippen LogP contribution in [0.25, 0.3) is 0 Å². The average Bonchev–Trinajstić information content (AvgIpc) is 3.25. The number of urea groups is 1. The van der Waals surface area contributed by atoms with Crippen LogP contribution in [0, 0.1) is 12.8 Å². The van der Waals surface area contributed by atoms with Crippen LogP contribution in [0.4, 0.5) is 4.79 Å². The number of H-pyrrole nitrogens is 1. The third-order valence-electron chi connectivity index (χ3n) is 6.53. The zero-order valence-corrected chi connectivity index (χ0v) is 17.8. The monoisotopic (exact) mass is 411 g/mol. The number of nitrogens with one attached hydrogen (secondary N) is 2. The normalized spacial score (nSPS) is 23.1. The SMILES string of the molecule is COc1cccc(CC2(C3CCN(Cc4nc[nH]c4C)CC3)NC(=O)N(C)C2=O)c1. The van der Waals surface area contributed by atoms with Gasteiger partial charge in [-0.25, -0.2) is 9.78 Å². The maximum Gasteiger partial charge on any atom is 0.324 e. The van der Waals surface area contributed by atoms with Crippen molar-refractivity contribution in [3.05, 3.63) is 47.5 Å². The van der Waals surface area contributed by atoms with Crippen molar-refractivity contribution in [2.45, 2.75) is 38.3 Å². The number of methoxy groups -OCH3 is 1. The van der Waals surface area contributed by atoms with Crippen molar-refractivity contribution in [3.63, 3.8) is 0 Å². The van der Waals surface area contributed by atoms with E-state index in [1.165, 1.54) is 4.90 Å². The number of hydrogen-bond acceptors (Lipinski definition) is 5. The number of benzene rings is 1. The van der Waals surface area contributed by atoms with E-state index in [-0.39, 0.29) is 17.9 Å². The Labute approximate surface area is 176 Å². The number of aryl methyl sites for hydroxylation is 1. The number of likely N-dealkylation sites (N-methyl/N-ethyl adjacent to an activating group) is 1. The second-order valence-corrected chi connectivity index (χ2v) is 8.32. The van der Waals surface area contributed by atoms with Crippen molar-refractivity contribution in [2.24, 2.45) is 5.92 Å². The Balaban J connectivity index is 1.53. The van der Waals surface area contributed by atoms with Gasteiger partial charge in [0.25, 0.3) is 5.91 Å². The first-order valence-electron chi connectivity index (χ1n) is 10.4. The molecule has 30 heavy (non-hydrogen) atoms. The number of nitrogens with zero attached hydrogens (tertiary/aromatic N) is 3. The summed E-state index contributed by atoms with van der Waals surface area (Å²) in [5.41, 5.74) is 2.22. The molecule has 0 radical (unpaired) electrons. The van der Waals surface area contributed by atoms with Gasteiger partial charge in [-0.2, -0.15) is 0 Å². The molecular weight excluding hydrogens is 382 g/mol. The summed E-state index contributed by atoms with van der Waals surface area (Å²) in [5, 5.41) is 3.05. The Morgan fingerprint density at radius 2 is 2.03 bits per heavy atom. The molecule has 3 amide bonds. The van der Waals surface area contributed by atoms with Gasteiger partial charge in [-0.3, -0.25) is 14.6 Å². The minimum atomic E-state index is -0.910. The maximum absolute atomic E-state index is 13.3. The molecule has 2 aromatic rings. The molecule has 160 valence electrons. The fourth-order valence-electron chi connectivity index (χ4n) is 4.71. The van der Waals surface area contributed by atoms with Gasteiger partial charge in [0.05, 0.1) is 19.1 Å². The molecule has 4 rings (SSSR count). The van der Waals surface area contributed by atoms with Gasteiger partial charge in [0.15, 0.2) is 0 Å². The highest BCUT2D eigenvalue weighted by molar-refractivity contribution is 6.07. The van der Waals surface area contributed by atoms with Crippen LogP contribution in [-0.4, -0.2) is 64.5 Å². The number of rotatable bonds is 6. The Morgan fingerprint density at radius 1 is 1.27 bits per heavy atom. The molecule has 1 unspecified atom stereocenters. The zero-order valence-electron chi connectivity index (χ0n) is 17.8. The van der Waals surface area contributed by atoms with Crippen LogP contribution in [0.15, 0.2) is 30.6 Å². The lowest BCUT2D eigenvalue weighted by atomic mass is 9.74. The second kappa shape index (κ2) is 8.10. The third-order valence-corrected chi connectivity index (χ3v) is 6.53. The predicted octanol–water partition coefficient (Wildman–Crippen LogP) is 2.10. The van der Waals surface area contributed by atoms with Crippen LogP contribution < -0.4 is 10.1 Å². The van der Waals surface area contributed by atoms with E-state index in [1.54, 1.807) is 20.5 Å². The number of amides is 3. The van der Waals surface area contributed by atoms with Gasteiger partial charge in [0.1, 0.15) is 11.3 Å². The molecule has 2 fully saturated rings. The second-order valence-electron chi connectivity index (χ2n) is 8.32. The first-order valence-corrected chi connectivity index (χ1v) is 10.4. The molecule has 0 saturated carbocycles. The zero-order chi connectivity index (χ0) is 21.3. The minimum absolute atomic E-state index is 0.0710. The molecule has 8 heteroatoms. The van der Waals surface area contributed by atoms with Gasteiger partial charge in [-0.15, -0.1) is 0 Å². The highest BCUT2D eigenvalue weighted by atomic mass is 16.5. The van der Waals surface area contributed by atoms with E-state index in [4.69, 9.17) is 4.74 Å². The summed E-state index contributed by atoms with van der Waals surface area (Å²) in [6.07, 6.45) is 3.87. The van der Waals surface area contributed by atoms with Gasteiger partial charge < -0.3 is 15.0 Å². The number of imide groups is 1. The fourth-order valence-corrected chi connectivity index (χ4v) is 4.71. The molecule has 3 heterocycles. The first kappa shape index (κ1) is 20.4. The van der Waals surface area contributed by atoms with Crippen molar-refractivity contribution in [1.29, 1.82) is 0 Å². The molecule has 1 aromatic heterocycles. The molecule has 0 bridgehead atoms. The van der Waals surface area contributed by atoms with E-state index in [2.05, 4.69) is 20.2 Å². The van der Waals surface area contributed by atoms with E-state index in [0.717, 1.165) is 55.2 Å². The molecule has 2 aliphatic heterocycles. The standard InChI is InChI=1S/C22H29N5O3/c1-15-19(24-14-23-15)13-27-9-7-17(8-10-27)22(20(28)26(2)21(29)25-22)12-16-5-4-6-18(11-16)30-3/h4-6,11,14,17H,7-10,12-13H2,1-3H3,(H,23,24)(H,25,29). The van der Waals surface area contributed by atoms with Crippen molar-refractivity contribution < 1.29 is 14.3 Å². The maximum atomic E-state index is 13.3. The van der Waals surface area contributed by atoms with E-state index < -0.39 is 5.54 Å². The smallest absolute Gasteiger partial charge is 0.324 e. The van der Waals surface area contributed by atoms with Crippen LogP contribution in [0.3, 0.4) is 0 Å². The molecule has 0 aliphatic carbocycles. The van der Waals surface area contributed by atoms with Crippen LogP contribution in [0.2, 0.25) is 0 Å². The number of aromatic nitrogens is 2. The Kier molecular flexibility index (Phi) is 5.51. The largest absolute Gasteiger partial charge is 0.497 e. The average molecular weight is 412 g/mol. The summed E-state index contributed by atoms with van der Waals surface area (Å²) in [6.45, 7) is 4.55. The van der Waals surface area contributed by atoms with Gasteiger partial charge in [-0.1, -0.05) is 12.1 Å². The fraction of sp³-hybridized carbons (Fsp3) is 0.500. The quantitative estimate of drug-likeness (QED) is 0.711. The number of likely N-dealkylation sites (tertiary alicyclic amines) is 1. The molecular formula is C22H29N5O3. The summed E-state index contributed by atoms with van der Waals surface area (Å²) in [4.78, 5) is 36.8. The highest BCUT2D eigenvalue weighted by Crippen LogP contribution is 2.36. The Bertz CT molecular complexity index is 934. The van der Waals surface area contributed by atoms with Gasteiger partial charge >= 0.3 is 6.03 Å². The molecule has 2 saturated heterocycles. The molecule has 2 N–H and O–H groups in total. The molecule has 1 atom stereocenters. The lowest BCUT2D eigenvalue weighted by molar-refractivity contribution is -0.133. The minimum Gasteiger partial charge on any atom is -0.497 e. The van der Waals surface area contributed by atoms with E-state index in [0.29, 0.717) is 6.42 Å². The van der Waals surface area contributed by atoms with Gasteiger partial charge in [0.2, 0.25) is 0 Å². The number of imidazole rings is 1. The highest BCUT2D eigenvalue weighted by Gasteiger charge is 2.54. The van der Waals surface area contributed by atoms with E-state index in [1.807, 2.05) is 31.2 Å². The van der Waals surface area contributed by atoms with Crippen molar-refractivity contribution in [1.82, 2.24) is 25.1 Å². The molecule has 1 aromatic carbocycles. The van der Waals surface area contributed by atoms with Crippen LogP contribution in [-0.2, 0) is 17.8 Å². The number of ether oxygens (including phenoxy) is 1. The summed E-state index contributed by atoms with van der Waals surface area (Å²) >= 11 is 0. The number of piperidine rings is 1. The van der Waals surface area contributed by atoms with Crippen molar-refractivity contribution in [3.8, 4) is 5.75 Å². The molecule has 0 spiro atoms. The Hall–Kier alpha value is -2.87. The summed E-state index contributed by atoms with van der Waals surface area (Å²) in [7, 11) is 3.18. The number of carbonyl (C=O) groups excluding carboxylic acids is 2. The van der Waals surface area contributed by atoms with E-state index in [9.17, 15) is 9.59 Å². The van der Waals surface area contributed by atoms with Crippen molar-refractivity contribution in [2.75, 3.05) is 27.2 Å². The number of aromatic amines is 1. The number of carbonyl (C=O) groups is 2. The Morgan fingerprint density at radius 3 is 2.63 bits per heavy atom. The molecule has 2 aliphatic rings. The van der Waals surface area contributed by atoms with Crippen LogP contribution in [0.5, 0.6) is 5.75 Å². The summed E-state index contributed by atoms with van der Waals surface area (Å²) in [5.74, 6) is 0.676. The molecule has 8 nitrogen and oxygen atoms in total. The van der Waals surface area contributed by atoms with Crippen LogP contribution in [0.1, 0.15) is 29.8 Å². The topological polar surface area (TPSA) is 90.6 Å². The van der Waals surface area contributed by atoms with Gasteiger partial charge in [0, 0.05) is 25.7 Å². The van der Waals surface area contributed by atoms with Crippen molar-refractivity contribution >= 4 is 11.9 Å².